The minimum absolute atomic E-state index is 0.132. The molecule has 78 valence electrons. The van der Waals surface area contributed by atoms with Crippen LogP contribution in [0.5, 0.6) is 0 Å². The molecule has 1 N–H and O–H groups in total. The molecule has 1 heterocycles. The number of imide groups is 3. The molecule has 1 rings (SSSR count). The molecule has 1 aliphatic heterocycles. The zero-order valence-corrected chi connectivity index (χ0v) is 8.55. The molecular weight excluding hydrogens is 186 g/mol. The van der Waals surface area contributed by atoms with Crippen molar-refractivity contribution in [1.29, 1.82) is 0 Å². The Labute approximate surface area is 82.0 Å². The summed E-state index contributed by atoms with van der Waals surface area (Å²) in [6.45, 7) is 5.07. The van der Waals surface area contributed by atoms with Gasteiger partial charge in [-0.15, -0.1) is 4.90 Å². The fraction of sp³-hybridized carbons (Fsp3) is 0.667. The monoisotopic (exact) mass is 200 g/mol. The number of hydrogen-bond acceptors (Lipinski definition) is 4. The molecule has 3 amide bonds. The lowest BCUT2D eigenvalue weighted by Gasteiger charge is -2.18. The Morgan fingerprint density at radius 1 is 1.21 bits per heavy atom. The van der Waals surface area contributed by atoms with Crippen molar-refractivity contribution < 1.29 is 24.0 Å². The van der Waals surface area contributed by atoms with Gasteiger partial charge in [0.1, 0.15) is 5.60 Å². The average molecular weight is 200 g/mol. The second-order valence-corrected chi connectivity index (χ2v) is 4.22. The number of nitrogens with one attached hydrogen (secondary N) is 1. The smallest absolute Gasteiger partial charge is 0.414 e. The normalized spacial score (nSPS) is 18.8. The van der Waals surface area contributed by atoms with Gasteiger partial charge in [0, 0.05) is 0 Å². The van der Waals surface area contributed by atoms with E-state index in [1.807, 2.05) is 0 Å². The van der Waals surface area contributed by atoms with Crippen LogP contribution in [-0.2, 0) is 14.3 Å². The molecule has 0 saturated carbocycles. The molecule has 0 aliphatic carbocycles. The molecule has 5 nitrogen and oxygen atoms in total. The van der Waals surface area contributed by atoms with Crippen LogP contribution in [0.25, 0.3) is 0 Å². The van der Waals surface area contributed by atoms with Crippen molar-refractivity contribution in [2.45, 2.75) is 39.2 Å². The summed E-state index contributed by atoms with van der Waals surface area (Å²) in [7, 11) is 0. The minimum Gasteiger partial charge on any atom is -0.414 e. The summed E-state index contributed by atoms with van der Waals surface area (Å²) in [5, 5.41) is 0. The first-order valence-corrected chi connectivity index (χ1v) is 4.48. The molecule has 0 atom stereocenters. The molecule has 1 saturated heterocycles. The third-order valence-corrected chi connectivity index (χ3v) is 1.74. The van der Waals surface area contributed by atoms with Gasteiger partial charge in [-0.05, 0) is 20.8 Å². The van der Waals surface area contributed by atoms with Crippen molar-refractivity contribution in [2.75, 3.05) is 0 Å². The molecule has 14 heavy (non-hydrogen) atoms. The highest BCUT2D eigenvalue weighted by Gasteiger charge is 2.44. The largest absolute Gasteiger partial charge is 0.530 e. The lowest BCUT2D eigenvalue weighted by molar-refractivity contribution is -0.654. The third kappa shape index (κ3) is 2.38. The first-order chi connectivity index (χ1) is 6.31. The molecule has 0 aromatic heterocycles. The number of amides is 3. The van der Waals surface area contributed by atoms with E-state index >= 15 is 0 Å². The molecule has 0 spiro atoms. The van der Waals surface area contributed by atoms with Crippen LogP contribution in [0, 0.1) is 0 Å². The predicted octanol–water partition coefficient (Wildman–Crippen LogP) is -0.347. The van der Waals surface area contributed by atoms with Gasteiger partial charge in [-0.3, -0.25) is 0 Å². The molecule has 0 unspecified atom stereocenters. The number of carbonyl (C=O) groups is 3. The highest BCUT2D eigenvalue weighted by molar-refractivity contribution is 5.96. The summed E-state index contributed by atoms with van der Waals surface area (Å²) in [4.78, 5) is 33.4. The van der Waals surface area contributed by atoms with Crippen LogP contribution < -0.4 is 4.90 Å². The Hall–Kier alpha value is -1.23. The first-order valence-electron chi connectivity index (χ1n) is 4.48. The number of quaternary nitrogens is 1. The number of hydrogen-bond donors (Lipinski definition) is 1. The van der Waals surface area contributed by atoms with E-state index in [1.165, 1.54) is 0 Å². The Kier molecular flexibility index (Phi) is 2.71. The summed E-state index contributed by atoms with van der Waals surface area (Å²) in [5.74, 6) is -0.798. The predicted molar refractivity (Wildman–Crippen MR) is 46.4 cm³/mol. The van der Waals surface area contributed by atoms with Crippen molar-refractivity contribution >= 4 is 17.9 Å². The standard InChI is InChI=1S/C9H13NO4/c1-9(2,3)14-8(13)10-6(11)4-5-7(10)12/h4-5H2,1-3H3/p+1. The maximum atomic E-state index is 11.4. The van der Waals surface area contributed by atoms with Crippen LogP contribution in [0.4, 0.5) is 4.79 Å². The third-order valence-electron chi connectivity index (χ3n) is 1.74. The van der Waals surface area contributed by atoms with Crippen LogP contribution in [0.2, 0.25) is 0 Å². The highest BCUT2D eigenvalue weighted by atomic mass is 16.6. The number of carbonyl (C=O) groups excluding carboxylic acids is 3. The summed E-state index contributed by atoms with van der Waals surface area (Å²) in [6, 6.07) is 0. The van der Waals surface area contributed by atoms with E-state index in [2.05, 4.69) is 0 Å². The van der Waals surface area contributed by atoms with Crippen LogP contribution in [0.1, 0.15) is 33.6 Å². The van der Waals surface area contributed by atoms with E-state index in [1.54, 1.807) is 20.8 Å². The average Bonchev–Trinajstić information content (AvgIpc) is 2.27. The lowest BCUT2D eigenvalue weighted by atomic mass is 10.2. The van der Waals surface area contributed by atoms with Gasteiger partial charge in [-0.2, -0.15) is 4.79 Å². The SMILES string of the molecule is CC(C)(C)OC(=O)[NH+]1C(=O)CCC1=O. The van der Waals surface area contributed by atoms with E-state index in [9.17, 15) is 14.4 Å². The topological polar surface area (TPSA) is 64.9 Å². The summed E-state index contributed by atoms with van der Waals surface area (Å²) in [5.41, 5.74) is -0.673. The molecule has 0 bridgehead atoms. The van der Waals surface area contributed by atoms with E-state index in [0.29, 0.717) is 0 Å². The second kappa shape index (κ2) is 3.49. The Balaban J connectivity index is 2.70. The van der Waals surface area contributed by atoms with Crippen LogP contribution in [-0.4, -0.2) is 23.5 Å². The van der Waals surface area contributed by atoms with E-state index in [0.717, 1.165) is 0 Å². The fourth-order valence-corrected chi connectivity index (χ4v) is 1.19. The summed E-state index contributed by atoms with van der Waals surface area (Å²) < 4.78 is 4.94. The molecule has 0 aromatic carbocycles. The molecular formula is C9H14NO4+. The number of likely N-dealkylation sites (tertiary alicyclic amines) is 1. The van der Waals surface area contributed by atoms with Gasteiger partial charge in [-0.1, -0.05) is 0 Å². The van der Waals surface area contributed by atoms with Gasteiger partial charge in [0.25, 0.3) is 0 Å². The van der Waals surface area contributed by atoms with Crippen molar-refractivity contribution in [3.05, 3.63) is 0 Å². The highest BCUT2D eigenvalue weighted by Crippen LogP contribution is 2.06. The summed E-state index contributed by atoms with van der Waals surface area (Å²) in [6.07, 6.45) is -0.522. The van der Waals surface area contributed by atoms with Crippen molar-refractivity contribution in [3.8, 4) is 0 Å². The van der Waals surface area contributed by atoms with Crippen molar-refractivity contribution in [3.63, 3.8) is 0 Å². The zero-order valence-electron chi connectivity index (χ0n) is 8.55. The van der Waals surface area contributed by atoms with Gasteiger partial charge < -0.3 is 4.74 Å². The quantitative estimate of drug-likeness (QED) is 0.543. The number of ether oxygens (including phenoxy) is 1. The number of alkyl carbamates (subject to hydrolysis) is 2. The van der Waals surface area contributed by atoms with E-state index in [-0.39, 0.29) is 17.7 Å². The first kappa shape index (κ1) is 10.8. The van der Waals surface area contributed by atoms with Crippen LogP contribution >= 0.6 is 0 Å². The zero-order chi connectivity index (χ0) is 10.9. The lowest BCUT2D eigenvalue weighted by Crippen LogP contribution is -3.17. The number of rotatable bonds is 0. The van der Waals surface area contributed by atoms with Crippen LogP contribution in [0.15, 0.2) is 0 Å². The summed E-state index contributed by atoms with van der Waals surface area (Å²) >= 11 is 0. The van der Waals surface area contributed by atoms with Crippen molar-refractivity contribution in [1.82, 2.24) is 0 Å². The molecule has 5 heteroatoms. The maximum Gasteiger partial charge on any atom is 0.530 e. The maximum absolute atomic E-state index is 11.4. The van der Waals surface area contributed by atoms with Gasteiger partial charge in [-0.25, -0.2) is 9.59 Å². The van der Waals surface area contributed by atoms with Gasteiger partial charge in [0.15, 0.2) is 0 Å². The van der Waals surface area contributed by atoms with Gasteiger partial charge in [0.05, 0.1) is 12.8 Å². The Bertz CT molecular complexity index is 274. The van der Waals surface area contributed by atoms with E-state index < -0.39 is 23.5 Å². The second-order valence-electron chi connectivity index (χ2n) is 4.22. The fourth-order valence-electron chi connectivity index (χ4n) is 1.19. The van der Waals surface area contributed by atoms with Gasteiger partial charge in [0.2, 0.25) is 0 Å². The molecule has 1 fully saturated rings. The Morgan fingerprint density at radius 3 is 2.00 bits per heavy atom. The molecule has 1 aliphatic rings. The van der Waals surface area contributed by atoms with Crippen molar-refractivity contribution in [2.24, 2.45) is 0 Å². The van der Waals surface area contributed by atoms with Gasteiger partial charge >= 0.3 is 17.9 Å². The minimum atomic E-state index is -0.787. The Morgan fingerprint density at radius 2 is 1.64 bits per heavy atom. The molecule has 0 radical (unpaired) electrons. The van der Waals surface area contributed by atoms with E-state index in [4.69, 9.17) is 4.74 Å². The van der Waals surface area contributed by atoms with Crippen LogP contribution in [0.3, 0.4) is 0 Å². The molecule has 0 aromatic rings.